The van der Waals surface area contributed by atoms with Crippen molar-refractivity contribution >= 4 is 29.2 Å². The number of hydrogen-bond donors (Lipinski definition) is 3. The molecule has 0 amide bonds. The lowest BCUT2D eigenvalue weighted by Crippen LogP contribution is -1.95. The van der Waals surface area contributed by atoms with E-state index in [1.165, 1.54) is 12.8 Å². The molecule has 0 aliphatic rings. The highest BCUT2D eigenvalue weighted by molar-refractivity contribution is 8.10. The monoisotopic (exact) mass is 166 g/mol. The van der Waals surface area contributed by atoms with Crippen molar-refractivity contribution in [2.24, 2.45) is 11.5 Å². The lowest BCUT2D eigenvalue weighted by Gasteiger charge is -1.80. The first-order chi connectivity index (χ1) is 4.15. The van der Waals surface area contributed by atoms with Crippen LogP contribution >= 0.6 is 24.8 Å². The summed E-state index contributed by atoms with van der Waals surface area (Å²) in [5.74, 6) is 0. The van der Waals surface area contributed by atoms with Gasteiger partial charge in [-0.25, -0.2) is 0 Å². The van der Waals surface area contributed by atoms with Gasteiger partial charge in [0.25, 0.3) is 0 Å². The molecule has 0 unspecified atom stereocenters. The molecule has 0 fully saturated rings. The molecule has 0 rings (SSSR count). The molecule has 0 aromatic heterocycles. The summed E-state index contributed by atoms with van der Waals surface area (Å²) in [6.07, 6.45) is 2.39. The number of nitrogens with two attached hydrogens (primary N) is 2. The van der Waals surface area contributed by atoms with Crippen molar-refractivity contribution < 1.29 is 0 Å². The van der Waals surface area contributed by atoms with Gasteiger partial charge in [-0.3, -0.25) is 0 Å². The molecular weight excluding hydrogens is 152 g/mol. The van der Waals surface area contributed by atoms with Gasteiger partial charge in [0.15, 0.2) is 0 Å². The number of hydrogen-bond acceptors (Lipinski definition) is 2. The van der Waals surface area contributed by atoms with Gasteiger partial charge in [0, 0.05) is 0 Å². The van der Waals surface area contributed by atoms with Crippen LogP contribution in [-0.2, 0) is 0 Å². The molecule has 0 aromatic carbocycles. The fourth-order valence-corrected chi connectivity index (χ4v) is 0.204. The summed E-state index contributed by atoms with van der Waals surface area (Å²) in [5, 5.41) is 0. The molecule has 0 bridgehead atoms. The Morgan fingerprint density at radius 2 is 2.00 bits per heavy atom. The Morgan fingerprint density at radius 3 is 2.00 bits per heavy atom. The second-order valence-electron chi connectivity index (χ2n) is 1.48. The van der Waals surface area contributed by atoms with Crippen molar-refractivity contribution in [1.29, 1.82) is 0 Å². The largest absolute Gasteiger partial charge is 0.385 e. The summed E-state index contributed by atoms with van der Waals surface area (Å²) in [7, 11) is 0. The van der Waals surface area contributed by atoms with Crippen LogP contribution in [0, 0.1) is 0 Å². The topological polar surface area (TPSA) is 52.0 Å². The minimum Gasteiger partial charge on any atom is -0.385 e. The number of thiocarbonyl (C=S) groups is 1. The highest BCUT2D eigenvalue weighted by Crippen LogP contribution is 1.77. The van der Waals surface area contributed by atoms with Crippen molar-refractivity contribution in [3.05, 3.63) is 0 Å². The Balaban J connectivity index is 0. The maximum Gasteiger partial charge on any atom is 0.128 e. The fourth-order valence-electron chi connectivity index (χ4n) is 0.204. The molecule has 56 valence electrons. The third-order valence-electron chi connectivity index (χ3n) is 0.558. The Morgan fingerprint density at radius 1 is 1.67 bits per heavy atom. The van der Waals surface area contributed by atoms with Crippen LogP contribution in [0.3, 0.4) is 0 Å². The summed E-state index contributed by atoms with van der Waals surface area (Å²) in [5.41, 5.74) is 9.85. The van der Waals surface area contributed by atoms with Gasteiger partial charge in [0.05, 0.1) is 0 Å². The Labute approximate surface area is 67.4 Å². The third-order valence-corrected chi connectivity index (χ3v) is 0.558. The predicted octanol–water partition coefficient (Wildman–Crippen LogP) is 0.905. The average molecular weight is 166 g/mol. The number of thiol groups is 1. The van der Waals surface area contributed by atoms with E-state index in [2.05, 4.69) is 31.8 Å². The number of rotatable bonds is 2. The molecular formula is C5H14N2S2. The third kappa shape index (κ3) is 65.1. The zero-order valence-electron chi connectivity index (χ0n) is 5.63. The van der Waals surface area contributed by atoms with Crippen LogP contribution in [0.4, 0.5) is 0 Å². The van der Waals surface area contributed by atoms with Crippen molar-refractivity contribution in [3.8, 4) is 0 Å². The molecule has 0 heterocycles. The van der Waals surface area contributed by atoms with Gasteiger partial charge in [-0.2, -0.15) is 0 Å². The Hall–Kier alpha value is 0.200. The second kappa shape index (κ2) is 11.1. The van der Waals surface area contributed by atoms with Crippen LogP contribution in [0.25, 0.3) is 0 Å². The lowest BCUT2D eigenvalue weighted by molar-refractivity contribution is 0.807. The molecule has 0 aromatic rings. The van der Waals surface area contributed by atoms with Crippen molar-refractivity contribution in [2.75, 3.05) is 6.54 Å². The van der Waals surface area contributed by atoms with E-state index in [-0.39, 0.29) is 4.32 Å². The van der Waals surface area contributed by atoms with Crippen molar-refractivity contribution in [1.82, 2.24) is 0 Å². The van der Waals surface area contributed by atoms with E-state index >= 15 is 0 Å². The molecule has 0 aliphatic heterocycles. The molecule has 2 nitrogen and oxygen atoms in total. The van der Waals surface area contributed by atoms with Crippen LogP contribution in [0.5, 0.6) is 0 Å². The minimum atomic E-state index is 0.194. The molecule has 0 atom stereocenters. The highest BCUT2D eigenvalue weighted by atomic mass is 32.1. The van der Waals surface area contributed by atoms with E-state index in [0.717, 1.165) is 6.54 Å². The lowest BCUT2D eigenvalue weighted by atomic mass is 10.3. The van der Waals surface area contributed by atoms with Crippen LogP contribution in [0.2, 0.25) is 0 Å². The predicted molar refractivity (Wildman–Crippen MR) is 49.7 cm³/mol. The highest BCUT2D eigenvalue weighted by Gasteiger charge is 1.67. The van der Waals surface area contributed by atoms with Gasteiger partial charge in [-0.15, -0.1) is 12.6 Å². The Bertz CT molecular complexity index is 60.0. The summed E-state index contributed by atoms with van der Waals surface area (Å²) < 4.78 is 0.194. The van der Waals surface area contributed by atoms with E-state index in [1.54, 1.807) is 0 Å². The first-order valence-corrected chi connectivity index (χ1v) is 3.69. The Kier molecular flexibility index (Phi) is 14.7. The second-order valence-corrected chi connectivity index (χ2v) is 2.70. The molecule has 0 saturated carbocycles. The first-order valence-electron chi connectivity index (χ1n) is 2.83. The molecule has 0 spiro atoms. The molecule has 0 radical (unpaired) electrons. The summed E-state index contributed by atoms with van der Waals surface area (Å²) >= 11 is 7.65. The maximum atomic E-state index is 5.14. The van der Waals surface area contributed by atoms with E-state index in [0.29, 0.717) is 0 Å². The van der Waals surface area contributed by atoms with Gasteiger partial charge >= 0.3 is 0 Å². The van der Waals surface area contributed by atoms with Crippen LogP contribution in [0.15, 0.2) is 0 Å². The zero-order chi connectivity index (χ0) is 7.70. The zero-order valence-corrected chi connectivity index (χ0v) is 7.34. The van der Waals surface area contributed by atoms with Crippen LogP contribution in [0.1, 0.15) is 19.8 Å². The molecule has 4 N–H and O–H groups in total. The molecule has 0 saturated heterocycles. The van der Waals surface area contributed by atoms with Crippen LogP contribution < -0.4 is 11.5 Å². The first kappa shape index (κ1) is 11.9. The normalized spacial score (nSPS) is 7.44. The standard InChI is InChI=1S/C4H11N.CH3NS2/c1-2-3-4-5;2-1(3)4/h2-5H2,1H3;(H3,2,3,4). The number of unbranched alkanes of at least 4 members (excludes halogenated alkanes) is 1. The van der Waals surface area contributed by atoms with Gasteiger partial charge in [0.2, 0.25) is 0 Å². The average Bonchev–Trinajstić information content (AvgIpc) is 1.66. The molecule has 9 heavy (non-hydrogen) atoms. The summed E-state index contributed by atoms with van der Waals surface area (Å²) in [4.78, 5) is 0. The van der Waals surface area contributed by atoms with Gasteiger partial charge in [-0.05, 0) is 13.0 Å². The molecule has 0 aliphatic carbocycles. The van der Waals surface area contributed by atoms with Gasteiger partial charge < -0.3 is 11.5 Å². The van der Waals surface area contributed by atoms with E-state index in [1.807, 2.05) is 0 Å². The van der Waals surface area contributed by atoms with Gasteiger partial charge in [-0.1, -0.05) is 25.6 Å². The summed E-state index contributed by atoms with van der Waals surface area (Å²) in [6, 6.07) is 0. The van der Waals surface area contributed by atoms with E-state index < -0.39 is 0 Å². The van der Waals surface area contributed by atoms with Gasteiger partial charge in [0.1, 0.15) is 4.32 Å². The molecule has 4 heteroatoms. The smallest absolute Gasteiger partial charge is 0.128 e. The quantitative estimate of drug-likeness (QED) is 0.422. The van der Waals surface area contributed by atoms with Crippen molar-refractivity contribution in [3.63, 3.8) is 0 Å². The van der Waals surface area contributed by atoms with E-state index in [4.69, 9.17) is 11.5 Å². The van der Waals surface area contributed by atoms with Crippen LogP contribution in [-0.4, -0.2) is 10.9 Å². The fraction of sp³-hybridized carbons (Fsp3) is 0.800. The maximum absolute atomic E-state index is 5.14. The van der Waals surface area contributed by atoms with Crippen molar-refractivity contribution in [2.45, 2.75) is 19.8 Å². The van der Waals surface area contributed by atoms with E-state index in [9.17, 15) is 0 Å². The SMILES string of the molecule is CCCCN.NC(=S)S. The summed E-state index contributed by atoms with van der Waals surface area (Å²) in [6.45, 7) is 2.98. The minimum absolute atomic E-state index is 0.194.